The molecule has 1 aromatic heterocycles. The summed E-state index contributed by atoms with van der Waals surface area (Å²) in [5.41, 5.74) is -0.558. The lowest BCUT2D eigenvalue weighted by atomic mass is 10.0. The Bertz CT molecular complexity index is 1250. The molecular formula is C23H23F4N3O3S. The van der Waals surface area contributed by atoms with Gasteiger partial charge in [0.1, 0.15) is 11.5 Å². The number of carbonyl (C=O) groups is 1. The molecule has 0 bridgehead atoms. The number of aromatic nitrogens is 1. The summed E-state index contributed by atoms with van der Waals surface area (Å²) in [6.07, 6.45) is 4.38. The molecule has 6 nitrogen and oxygen atoms in total. The molecule has 1 amide bonds. The average molecular weight is 498 g/mol. The van der Waals surface area contributed by atoms with E-state index in [1.165, 1.54) is 18.2 Å². The van der Waals surface area contributed by atoms with Crippen LogP contribution in [0.4, 0.5) is 23.2 Å². The summed E-state index contributed by atoms with van der Waals surface area (Å²) in [4.78, 5) is 15.9. The predicted molar refractivity (Wildman–Crippen MR) is 121 cm³/mol. The zero-order valence-corrected chi connectivity index (χ0v) is 19.4. The maximum atomic E-state index is 14.4. The quantitative estimate of drug-likeness (QED) is 0.326. The highest BCUT2D eigenvalue weighted by Gasteiger charge is 2.32. The van der Waals surface area contributed by atoms with Gasteiger partial charge in [-0.2, -0.15) is 13.2 Å². The molecule has 2 rings (SSSR count). The Morgan fingerprint density at radius 3 is 2.50 bits per heavy atom. The topological polar surface area (TPSA) is 88.2 Å². The predicted octanol–water partition coefficient (Wildman–Crippen LogP) is 4.12. The van der Waals surface area contributed by atoms with Crippen molar-refractivity contribution in [2.75, 3.05) is 11.0 Å². The van der Waals surface area contributed by atoms with E-state index >= 15 is 0 Å². The summed E-state index contributed by atoms with van der Waals surface area (Å²) in [6.45, 7) is 3.54. The summed E-state index contributed by atoms with van der Waals surface area (Å²) in [5.74, 6) is 0.735. The van der Waals surface area contributed by atoms with Crippen LogP contribution in [0.5, 0.6) is 0 Å². The van der Waals surface area contributed by atoms with Crippen molar-refractivity contribution in [3.05, 3.63) is 64.2 Å². The van der Waals surface area contributed by atoms with E-state index < -0.39 is 33.6 Å². The van der Waals surface area contributed by atoms with Crippen LogP contribution in [0.3, 0.4) is 0 Å². The van der Waals surface area contributed by atoms with Gasteiger partial charge >= 0.3 is 6.18 Å². The molecule has 11 heteroatoms. The highest BCUT2D eigenvalue weighted by molar-refractivity contribution is 7.92. The molecule has 34 heavy (non-hydrogen) atoms. The summed E-state index contributed by atoms with van der Waals surface area (Å²) in [6, 6.07) is 4.47. The third-order valence-electron chi connectivity index (χ3n) is 4.38. The second-order valence-electron chi connectivity index (χ2n) is 7.90. The van der Waals surface area contributed by atoms with Crippen molar-refractivity contribution in [2.45, 2.75) is 33.0 Å². The van der Waals surface area contributed by atoms with E-state index in [4.69, 9.17) is 6.42 Å². The number of alkyl halides is 3. The first kappa shape index (κ1) is 26.9. The van der Waals surface area contributed by atoms with E-state index in [1.54, 1.807) is 0 Å². The normalized spacial score (nSPS) is 12.1. The summed E-state index contributed by atoms with van der Waals surface area (Å²) >= 11 is 0. The average Bonchev–Trinajstić information content (AvgIpc) is 2.70. The zero-order valence-electron chi connectivity index (χ0n) is 18.6. The van der Waals surface area contributed by atoms with Gasteiger partial charge in [0.2, 0.25) is 15.9 Å². The number of hydrogen-bond donors (Lipinski definition) is 2. The first-order valence-electron chi connectivity index (χ1n) is 9.99. The molecule has 182 valence electrons. The van der Waals surface area contributed by atoms with E-state index in [0.29, 0.717) is 5.56 Å². The van der Waals surface area contributed by atoms with Crippen molar-refractivity contribution >= 4 is 27.7 Å². The van der Waals surface area contributed by atoms with Crippen LogP contribution < -0.4 is 10.0 Å². The molecular weight excluding hydrogens is 474 g/mol. The molecule has 0 spiro atoms. The molecule has 0 saturated heterocycles. The number of pyridine rings is 1. The third kappa shape index (κ3) is 7.88. The van der Waals surface area contributed by atoms with Crippen LogP contribution in [0, 0.1) is 24.1 Å². The van der Waals surface area contributed by atoms with Gasteiger partial charge in [-0.15, -0.1) is 6.42 Å². The van der Waals surface area contributed by atoms with Crippen LogP contribution in [0.25, 0.3) is 6.08 Å². The molecule has 0 aliphatic heterocycles. The number of hydrogen-bond acceptors (Lipinski definition) is 4. The summed E-state index contributed by atoms with van der Waals surface area (Å²) < 4.78 is 78.1. The highest BCUT2D eigenvalue weighted by atomic mass is 32.2. The number of carbonyl (C=O) groups excluding carboxylic acids is 1. The zero-order chi connectivity index (χ0) is 25.7. The molecule has 1 aromatic carbocycles. The van der Waals surface area contributed by atoms with Gasteiger partial charge in [-0.25, -0.2) is 17.8 Å². The van der Waals surface area contributed by atoms with Crippen molar-refractivity contribution in [3.8, 4) is 12.3 Å². The van der Waals surface area contributed by atoms with Crippen molar-refractivity contribution in [3.63, 3.8) is 0 Å². The van der Waals surface area contributed by atoms with Crippen LogP contribution in [0.2, 0.25) is 0 Å². The van der Waals surface area contributed by atoms with E-state index in [2.05, 4.69) is 16.2 Å². The van der Waals surface area contributed by atoms with Gasteiger partial charge < -0.3 is 5.32 Å². The van der Waals surface area contributed by atoms with Gasteiger partial charge in [-0.05, 0) is 47.7 Å². The molecule has 0 aliphatic rings. The first-order valence-corrected chi connectivity index (χ1v) is 11.9. The monoisotopic (exact) mass is 497 g/mol. The smallest absolute Gasteiger partial charge is 0.348 e. The van der Waals surface area contributed by atoms with Crippen LogP contribution in [-0.4, -0.2) is 25.6 Å². The van der Waals surface area contributed by atoms with E-state index in [-0.39, 0.29) is 41.4 Å². The van der Waals surface area contributed by atoms with Crippen LogP contribution >= 0.6 is 0 Å². The van der Waals surface area contributed by atoms with Crippen molar-refractivity contribution in [1.29, 1.82) is 0 Å². The van der Waals surface area contributed by atoms with Crippen molar-refractivity contribution < 1.29 is 30.8 Å². The van der Waals surface area contributed by atoms with Gasteiger partial charge in [-0.1, -0.05) is 25.8 Å². The molecule has 0 atom stereocenters. The fourth-order valence-corrected chi connectivity index (χ4v) is 3.53. The standard InChI is InChI=1S/C23H23F4N3O3S/c1-5-16-11-15(12-18(24)22(16)30-34(4,32)33)13-28-21(31)9-7-17-6-8-20(23(25,26)27)29-19(17)10-14(2)3/h1,6-9,11-12,14,30H,10,13H2,2-4H3,(H,28,31)/b9-7+. The van der Waals surface area contributed by atoms with Crippen molar-refractivity contribution in [1.82, 2.24) is 10.3 Å². The van der Waals surface area contributed by atoms with E-state index in [9.17, 15) is 30.8 Å². The molecule has 0 aliphatic carbocycles. The Morgan fingerprint density at radius 2 is 1.94 bits per heavy atom. The summed E-state index contributed by atoms with van der Waals surface area (Å²) in [7, 11) is -3.76. The Morgan fingerprint density at radius 1 is 1.26 bits per heavy atom. The number of nitrogens with one attached hydrogen (secondary N) is 2. The van der Waals surface area contributed by atoms with E-state index in [0.717, 1.165) is 24.5 Å². The SMILES string of the molecule is C#Cc1cc(CNC(=O)/C=C/c2ccc(C(F)(F)F)nc2CC(C)C)cc(F)c1NS(C)(=O)=O. The number of benzene rings is 1. The number of terminal acetylenes is 1. The highest BCUT2D eigenvalue weighted by Crippen LogP contribution is 2.29. The van der Waals surface area contributed by atoms with Gasteiger partial charge in [0.25, 0.3) is 0 Å². The van der Waals surface area contributed by atoms with Gasteiger partial charge in [0.05, 0.1) is 17.5 Å². The largest absolute Gasteiger partial charge is 0.433 e. The number of halogens is 4. The molecule has 0 fully saturated rings. The maximum absolute atomic E-state index is 14.4. The Kier molecular flexibility index (Phi) is 8.45. The number of amides is 1. The van der Waals surface area contributed by atoms with Crippen molar-refractivity contribution in [2.24, 2.45) is 5.92 Å². The maximum Gasteiger partial charge on any atom is 0.433 e. The van der Waals surface area contributed by atoms with Gasteiger partial charge in [-0.3, -0.25) is 9.52 Å². The minimum atomic E-state index is -4.58. The third-order valence-corrected chi connectivity index (χ3v) is 4.95. The second kappa shape index (κ2) is 10.7. The molecule has 0 radical (unpaired) electrons. The fourth-order valence-electron chi connectivity index (χ4n) is 2.95. The van der Waals surface area contributed by atoms with Crippen LogP contribution in [-0.2, 0) is 34.0 Å². The lowest BCUT2D eigenvalue weighted by molar-refractivity contribution is -0.141. The minimum Gasteiger partial charge on any atom is -0.348 e. The number of anilines is 1. The lowest BCUT2D eigenvalue weighted by Crippen LogP contribution is -2.21. The molecule has 0 unspecified atom stereocenters. The molecule has 2 N–H and O–H groups in total. The van der Waals surface area contributed by atoms with Crippen LogP contribution in [0.15, 0.2) is 30.3 Å². The minimum absolute atomic E-state index is 0.0392. The Labute approximate surface area is 195 Å². The van der Waals surface area contributed by atoms with Crippen LogP contribution in [0.1, 0.15) is 41.9 Å². The molecule has 2 aromatic rings. The lowest BCUT2D eigenvalue weighted by Gasteiger charge is -2.12. The second-order valence-corrected chi connectivity index (χ2v) is 9.65. The fraction of sp³-hybridized carbons (Fsp3) is 0.304. The molecule has 0 saturated carbocycles. The molecule has 1 heterocycles. The van der Waals surface area contributed by atoms with E-state index in [1.807, 2.05) is 18.6 Å². The Hall–Kier alpha value is -3.39. The first-order chi connectivity index (χ1) is 15.7. The number of nitrogens with zero attached hydrogens (tertiary/aromatic N) is 1. The van der Waals surface area contributed by atoms with Gasteiger partial charge in [0.15, 0.2) is 0 Å². The number of rotatable bonds is 8. The number of sulfonamides is 1. The summed E-state index contributed by atoms with van der Waals surface area (Å²) in [5, 5.41) is 2.51. The Balaban J connectivity index is 2.17. The van der Waals surface area contributed by atoms with Gasteiger partial charge in [0, 0.05) is 18.3 Å².